The molecule has 0 bridgehead atoms. The van der Waals surface area contributed by atoms with E-state index >= 15 is 0 Å². The number of benzene rings is 1. The Morgan fingerprint density at radius 3 is 2.84 bits per heavy atom. The van der Waals surface area contributed by atoms with Crippen molar-refractivity contribution >= 4 is 17.7 Å². The average molecular weight is 344 g/mol. The van der Waals surface area contributed by atoms with E-state index in [0.717, 1.165) is 24.2 Å². The second-order valence-corrected chi connectivity index (χ2v) is 6.69. The van der Waals surface area contributed by atoms with E-state index in [2.05, 4.69) is 15.5 Å². The molecule has 1 atom stereocenters. The zero-order valence-corrected chi connectivity index (χ0v) is 14.7. The SMILES string of the molecule is CNCCN(C)Cc1cccc2c1C(=O)N(C1CCC(=O)NC1=O)C2. The van der Waals surface area contributed by atoms with E-state index in [-0.39, 0.29) is 24.1 Å². The highest BCUT2D eigenvalue weighted by molar-refractivity contribution is 6.05. The maximum absolute atomic E-state index is 13.0. The third-order valence-electron chi connectivity index (χ3n) is 4.82. The van der Waals surface area contributed by atoms with Crippen LogP contribution in [0.15, 0.2) is 18.2 Å². The summed E-state index contributed by atoms with van der Waals surface area (Å²) in [5, 5.41) is 5.45. The summed E-state index contributed by atoms with van der Waals surface area (Å²) in [5.41, 5.74) is 2.65. The second-order valence-electron chi connectivity index (χ2n) is 6.69. The molecule has 7 heteroatoms. The Labute approximate surface area is 147 Å². The number of carbonyl (C=O) groups excluding carboxylic acids is 3. The highest BCUT2D eigenvalue weighted by atomic mass is 16.2. The highest BCUT2D eigenvalue weighted by Crippen LogP contribution is 2.30. The maximum Gasteiger partial charge on any atom is 0.255 e. The average Bonchev–Trinajstić information content (AvgIpc) is 2.91. The zero-order chi connectivity index (χ0) is 18.0. The molecule has 7 nitrogen and oxygen atoms in total. The summed E-state index contributed by atoms with van der Waals surface area (Å²) < 4.78 is 0. The Bertz CT molecular complexity index is 704. The summed E-state index contributed by atoms with van der Waals surface area (Å²) in [7, 11) is 3.93. The summed E-state index contributed by atoms with van der Waals surface area (Å²) in [6.07, 6.45) is 0.665. The van der Waals surface area contributed by atoms with Crippen molar-refractivity contribution in [3.63, 3.8) is 0 Å². The molecule has 3 rings (SSSR count). The molecule has 1 aromatic carbocycles. The molecule has 0 radical (unpaired) electrons. The highest BCUT2D eigenvalue weighted by Gasteiger charge is 2.39. The van der Waals surface area contributed by atoms with Crippen LogP contribution >= 0.6 is 0 Å². The predicted octanol–water partition coefficient (Wildman–Crippen LogP) is 0.0988. The van der Waals surface area contributed by atoms with Crippen LogP contribution in [0.3, 0.4) is 0 Å². The van der Waals surface area contributed by atoms with Crippen LogP contribution in [-0.2, 0) is 22.7 Å². The van der Waals surface area contributed by atoms with Crippen molar-refractivity contribution in [2.45, 2.75) is 32.0 Å². The molecule has 1 fully saturated rings. The third-order valence-corrected chi connectivity index (χ3v) is 4.82. The van der Waals surface area contributed by atoms with Gasteiger partial charge in [0.15, 0.2) is 0 Å². The van der Waals surface area contributed by atoms with Gasteiger partial charge in [0, 0.05) is 38.2 Å². The topological polar surface area (TPSA) is 81.8 Å². The van der Waals surface area contributed by atoms with Crippen LogP contribution in [0, 0.1) is 0 Å². The molecular formula is C18H24N4O3. The molecule has 1 aromatic rings. The van der Waals surface area contributed by atoms with Crippen LogP contribution in [-0.4, -0.2) is 60.7 Å². The number of hydrogen-bond donors (Lipinski definition) is 2. The number of hydrogen-bond acceptors (Lipinski definition) is 5. The normalized spacial score (nSPS) is 20.2. The largest absolute Gasteiger partial charge is 0.322 e. The van der Waals surface area contributed by atoms with Crippen LogP contribution < -0.4 is 10.6 Å². The van der Waals surface area contributed by atoms with E-state index in [1.165, 1.54) is 0 Å². The number of nitrogens with zero attached hydrogens (tertiary/aromatic N) is 2. The lowest BCUT2D eigenvalue weighted by molar-refractivity contribution is -0.136. The van der Waals surface area contributed by atoms with Crippen LogP contribution in [0.1, 0.15) is 34.3 Å². The first kappa shape index (κ1) is 17.6. The number of piperidine rings is 1. The van der Waals surface area contributed by atoms with Gasteiger partial charge in [-0.1, -0.05) is 18.2 Å². The smallest absolute Gasteiger partial charge is 0.255 e. The van der Waals surface area contributed by atoms with Gasteiger partial charge in [-0.2, -0.15) is 0 Å². The number of nitrogens with one attached hydrogen (secondary N) is 2. The molecule has 1 saturated heterocycles. The van der Waals surface area contributed by atoms with Gasteiger partial charge in [-0.15, -0.1) is 0 Å². The Hall–Kier alpha value is -2.25. The minimum absolute atomic E-state index is 0.109. The standard InChI is InChI=1S/C18H24N4O3/c1-19-8-9-21(2)10-12-4-3-5-13-11-22(18(25)16(12)13)14-6-7-15(23)20-17(14)24/h3-5,14,19H,6-11H2,1-2H3,(H,20,23,24). The van der Waals surface area contributed by atoms with Crippen molar-refractivity contribution < 1.29 is 14.4 Å². The third kappa shape index (κ3) is 3.57. The first-order valence-electron chi connectivity index (χ1n) is 8.60. The Morgan fingerprint density at radius 2 is 2.12 bits per heavy atom. The maximum atomic E-state index is 13.0. The quantitative estimate of drug-likeness (QED) is 0.716. The molecule has 0 spiro atoms. The van der Waals surface area contributed by atoms with E-state index in [9.17, 15) is 14.4 Å². The van der Waals surface area contributed by atoms with Gasteiger partial charge in [0.2, 0.25) is 11.8 Å². The molecule has 2 aliphatic heterocycles. The van der Waals surface area contributed by atoms with Gasteiger partial charge >= 0.3 is 0 Å². The van der Waals surface area contributed by atoms with Crippen molar-refractivity contribution in [2.24, 2.45) is 0 Å². The van der Waals surface area contributed by atoms with E-state index < -0.39 is 6.04 Å². The van der Waals surface area contributed by atoms with Gasteiger partial charge in [0.05, 0.1) is 0 Å². The molecule has 134 valence electrons. The van der Waals surface area contributed by atoms with Crippen LogP contribution in [0.2, 0.25) is 0 Å². The lowest BCUT2D eigenvalue weighted by Gasteiger charge is -2.29. The van der Waals surface area contributed by atoms with Gasteiger partial charge in [0.1, 0.15) is 6.04 Å². The summed E-state index contributed by atoms with van der Waals surface area (Å²) >= 11 is 0. The van der Waals surface area contributed by atoms with Crippen molar-refractivity contribution in [1.82, 2.24) is 20.4 Å². The number of rotatable bonds is 6. The van der Waals surface area contributed by atoms with E-state index in [1.807, 2.05) is 32.3 Å². The number of fused-ring (bicyclic) bond motifs is 1. The van der Waals surface area contributed by atoms with Crippen molar-refractivity contribution in [2.75, 3.05) is 27.2 Å². The summed E-state index contributed by atoms with van der Waals surface area (Å²) in [6, 6.07) is 5.31. The summed E-state index contributed by atoms with van der Waals surface area (Å²) in [6.45, 7) is 2.86. The zero-order valence-electron chi connectivity index (χ0n) is 14.7. The fourth-order valence-corrected chi connectivity index (χ4v) is 3.49. The first-order chi connectivity index (χ1) is 12.0. The predicted molar refractivity (Wildman–Crippen MR) is 92.7 cm³/mol. The summed E-state index contributed by atoms with van der Waals surface area (Å²) in [5.74, 6) is -0.746. The Morgan fingerprint density at radius 1 is 1.32 bits per heavy atom. The molecule has 2 aliphatic rings. The first-order valence-corrected chi connectivity index (χ1v) is 8.60. The van der Waals surface area contributed by atoms with E-state index in [0.29, 0.717) is 25.1 Å². The molecular weight excluding hydrogens is 320 g/mol. The number of carbonyl (C=O) groups is 3. The molecule has 1 unspecified atom stereocenters. The second kappa shape index (κ2) is 7.33. The molecule has 3 amide bonds. The molecule has 2 heterocycles. The number of amides is 3. The minimum Gasteiger partial charge on any atom is -0.322 e. The van der Waals surface area contributed by atoms with Gasteiger partial charge in [0.25, 0.3) is 5.91 Å². The van der Waals surface area contributed by atoms with Crippen LogP contribution in [0.5, 0.6) is 0 Å². The number of likely N-dealkylation sites (N-methyl/N-ethyl adjacent to an activating group) is 2. The molecule has 2 N–H and O–H groups in total. The lowest BCUT2D eigenvalue weighted by Crippen LogP contribution is -2.52. The Balaban J connectivity index is 1.78. The summed E-state index contributed by atoms with van der Waals surface area (Å²) in [4.78, 5) is 40.2. The van der Waals surface area contributed by atoms with Crippen molar-refractivity contribution in [3.05, 3.63) is 34.9 Å². The minimum atomic E-state index is -0.563. The fraction of sp³-hybridized carbons (Fsp3) is 0.500. The van der Waals surface area contributed by atoms with Gasteiger partial charge < -0.3 is 15.1 Å². The van der Waals surface area contributed by atoms with Crippen molar-refractivity contribution in [1.29, 1.82) is 0 Å². The van der Waals surface area contributed by atoms with Gasteiger partial charge in [-0.05, 0) is 31.6 Å². The van der Waals surface area contributed by atoms with Crippen LogP contribution in [0.25, 0.3) is 0 Å². The lowest BCUT2D eigenvalue weighted by atomic mass is 10.0. The molecule has 0 aromatic heterocycles. The van der Waals surface area contributed by atoms with Gasteiger partial charge in [-0.25, -0.2) is 0 Å². The van der Waals surface area contributed by atoms with Gasteiger partial charge in [-0.3, -0.25) is 19.7 Å². The fourth-order valence-electron chi connectivity index (χ4n) is 3.49. The number of imide groups is 1. The molecule has 0 aliphatic carbocycles. The van der Waals surface area contributed by atoms with E-state index in [4.69, 9.17) is 0 Å². The Kier molecular flexibility index (Phi) is 5.15. The molecule has 25 heavy (non-hydrogen) atoms. The van der Waals surface area contributed by atoms with Crippen molar-refractivity contribution in [3.8, 4) is 0 Å². The van der Waals surface area contributed by atoms with Crippen LogP contribution in [0.4, 0.5) is 0 Å². The monoisotopic (exact) mass is 344 g/mol. The van der Waals surface area contributed by atoms with E-state index in [1.54, 1.807) is 4.90 Å². The molecule has 0 saturated carbocycles.